The molecule has 0 unspecified atom stereocenters. The minimum atomic E-state index is -3.13. The zero-order valence-electron chi connectivity index (χ0n) is 15.9. The molecule has 1 aliphatic carbocycles. The lowest BCUT2D eigenvalue weighted by atomic mass is 9.97. The third-order valence-corrected chi connectivity index (χ3v) is 5.26. The molecule has 1 N–H and O–H groups in total. The molecular weight excluding hydrogens is 366 g/mol. The summed E-state index contributed by atoms with van der Waals surface area (Å²) in [6.45, 7) is 2.07. The summed E-state index contributed by atoms with van der Waals surface area (Å²) in [5.74, 6) is -1.02. The number of allylic oxidation sites excluding steroid dienone is 1. The Bertz CT molecular complexity index is 796. The number of carbonyl (C=O) groups is 2. The van der Waals surface area contributed by atoms with E-state index in [1.54, 1.807) is 12.1 Å². The smallest absolute Gasteiger partial charge is 0.338 e. The predicted octanol–water partition coefficient (Wildman–Crippen LogP) is 2.78. The van der Waals surface area contributed by atoms with E-state index in [0.717, 1.165) is 25.5 Å². The van der Waals surface area contributed by atoms with Crippen molar-refractivity contribution in [2.45, 2.75) is 50.9 Å². The summed E-state index contributed by atoms with van der Waals surface area (Å²) in [6, 6.07) is 6.15. The van der Waals surface area contributed by atoms with Gasteiger partial charge in [0.2, 0.25) is 0 Å². The van der Waals surface area contributed by atoms with Gasteiger partial charge in [-0.25, -0.2) is 13.2 Å². The van der Waals surface area contributed by atoms with Crippen LogP contribution in [0.25, 0.3) is 0 Å². The molecule has 0 saturated carbocycles. The molecule has 0 aliphatic heterocycles. The van der Waals surface area contributed by atoms with Crippen LogP contribution in [0.4, 0.5) is 0 Å². The number of benzene rings is 1. The van der Waals surface area contributed by atoms with Crippen LogP contribution in [-0.4, -0.2) is 39.2 Å². The second kappa shape index (κ2) is 9.69. The van der Waals surface area contributed by atoms with E-state index in [2.05, 4.69) is 11.4 Å². The zero-order chi connectivity index (χ0) is 19.9. The maximum atomic E-state index is 12.1. The van der Waals surface area contributed by atoms with Crippen LogP contribution in [-0.2, 0) is 25.1 Å². The highest BCUT2D eigenvalue weighted by Gasteiger charge is 2.19. The summed E-state index contributed by atoms with van der Waals surface area (Å²) >= 11 is 0. The molecule has 7 heteroatoms. The van der Waals surface area contributed by atoms with Crippen molar-refractivity contribution in [3.63, 3.8) is 0 Å². The highest BCUT2D eigenvalue weighted by atomic mass is 32.2. The third kappa shape index (κ3) is 7.54. The fourth-order valence-corrected chi connectivity index (χ4v) is 3.74. The summed E-state index contributed by atoms with van der Waals surface area (Å²) in [4.78, 5) is 24.2. The quantitative estimate of drug-likeness (QED) is 0.542. The Morgan fingerprint density at radius 1 is 1.19 bits per heavy atom. The van der Waals surface area contributed by atoms with E-state index in [4.69, 9.17) is 4.74 Å². The van der Waals surface area contributed by atoms with Gasteiger partial charge in [0, 0.05) is 12.8 Å². The van der Waals surface area contributed by atoms with Crippen LogP contribution in [0.2, 0.25) is 0 Å². The normalized spacial score (nSPS) is 15.6. The van der Waals surface area contributed by atoms with Gasteiger partial charge in [0.05, 0.1) is 11.3 Å². The van der Waals surface area contributed by atoms with Crippen molar-refractivity contribution in [3.8, 4) is 0 Å². The van der Waals surface area contributed by atoms with Crippen molar-refractivity contribution < 1.29 is 22.7 Å². The number of ether oxygens (including phenoxy) is 1. The van der Waals surface area contributed by atoms with Crippen LogP contribution < -0.4 is 5.32 Å². The molecule has 0 aromatic heterocycles. The molecule has 1 aromatic carbocycles. The van der Waals surface area contributed by atoms with Crippen molar-refractivity contribution in [1.29, 1.82) is 0 Å². The van der Waals surface area contributed by atoms with Crippen molar-refractivity contribution in [2.75, 3.05) is 12.8 Å². The Kier molecular flexibility index (Phi) is 7.59. The predicted molar refractivity (Wildman–Crippen MR) is 104 cm³/mol. The van der Waals surface area contributed by atoms with Crippen LogP contribution in [0, 0.1) is 0 Å². The van der Waals surface area contributed by atoms with E-state index in [1.165, 1.54) is 37.5 Å². The van der Waals surface area contributed by atoms with Crippen molar-refractivity contribution in [2.24, 2.45) is 0 Å². The summed E-state index contributed by atoms with van der Waals surface area (Å²) in [5.41, 5.74) is 2.25. The molecule has 0 saturated heterocycles. The van der Waals surface area contributed by atoms with E-state index in [1.807, 2.05) is 0 Å². The minimum absolute atomic E-state index is 0.0857. The average molecular weight is 394 g/mol. The van der Waals surface area contributed by atoms with E-state index >= 15 is 0 Å². The summed E-state index contributed by atoms with van der Waals surface area (Å²) in [5, 5.41) is 2.80. The van der Waals surface area contributed by atoms with Crippen LogP contribution in [0.15, 0.2) is 35.9 Å². The Morgan fingerprint density at radius 2 is 1.89 bits per heavy atom. The lowest BCUT2D eigenvalue weighted by Crippen LogP contribution is -2.36. The number of hydrogen-bond acceptors (Lipinski definition) is 5. The number of rotatable bonds is 8. The molecule has 0 fully saturated rings. The molecule has 0 radical (unpaired) electrons. The zero-order valence-corrected chi connectivity index (χ0v) is 16.7. The van der Waals surface area contributed by atoms with Gasteiger partial charge in [-0.2, -0.15) is 0 Å². The van der Waals surface area contributed by atoms with Crippen molar-refractivity contribution in [1.82, 2.24) is 5.32 Å². The van der Waals surface area contributed by atoms with Crippen LogP contribution in [0.3, 0.4) is 0 Å². The van der Waals surface area contributed by atoms with Crippen molar-refractivity contribution >= 4 is 21.7 Å². The first-order chi connectivity index (χ1) is 12.7. The van der Waals surface area contributed by atoms with E-state index in [9.17, 15) is 18.0 Å². The molecule has 27 heavy (non-hydrogen) atoms. The number of esters is 1. The first-order valence-corrected chi connectivity index (χ1v) is 11.2. The number of hydrogen-bond donors (Lipinski definition) is 1. The molecule has 6 nitrogen and oxygen atoms in total. The van der Waals surface area contributed by atoms with E-state index in [-0.39, 0.29) is 17.2 Å². The lowest BCUT2D eigenvalue weighted by molar-refractivity contribution is -0.129. The Morgan fingerprint density at radius 3 is 2.48 bits per heavy atom. The molecule has 0 heterocycles. The van der Waals surface area contributed by atoms with E-state index in [0.29, 0.717) is 12.1 Å². The Balaban J connectivity index is 1.79. The van der Waals surface area contributed by atoms with Gasteiger partial charge in [0.15, 0.2) is 15.9 Å². The maximum absolute atomic E-state index is 12.1. The third-order valence-electron chi connectivity index (χ3n) is 4.40. The lowest BCUT2D eigenvalue weighted by Gasteiger charge is -2.15. The second-order valence-corrected chi connectivity index (χ2v) is 9.10. The van der Waals surface area contributed by atoms with Crippen LogP contribution in [0.5, 0.6) is 0 Å². The number of carbonyl (C=O) groups excluding carboxylic acids is 2. The van der Waals surface area contributed by atoms with Gasteiger partial charge in [0.25, 0.3) is 5.91 Å². The van der Waals surface area contributed by atoms with Crippen molar-refractivity contribution in [3.05, 3.63) is 47.0 Å². The topological polar surface area (TPSA) is 89.5 Å². The molecule has 1 aromatic rings. The largest absolute Gasteiger partial charge is 0.449 e. The van der Waals surface area contributed by atoms with Gasteiger partial charge in [-0.05, 0) is 56.7 Å². The van der Waals surface area contributed by atoms with Gasteiger partial charge in [-0.1, -0.05) is 23.8 Å². The fraction of sp³-hybridized carbons (Fsp3) is 0.500. The molecule has 0 bridgehead atoms. The van der Waals surface area contributed by atoms with Gasteiger partial charge in [-0.3, -0.25) is 4.79 Å². The summed E-state index contributed by atoms with van der Waals surface area (Å²) < 4.78 is 27.8. The number of sulfone groups is 1. The van der Waals surface area contributed by atoms with Gasteiger partial charge in [0.1, 0.15) is 0 Å². The molecule has 0 spiro atoms. The molecule has 1 aliphatic rings. The molecular formula is C20H27NO5S. The Labute approximate surface area is 160 Å². The second-order valence-electron chi connectivity index (χ2n) is 6.96. The van der Waals surface area contributed by atoms with Gasteiger partial charge < -0.3 is 10.1 Å². The first kappa shape index (κ1) is 21.2. The SMILES string of the molecule is C[C@H](OC(=O)c1ccc(CS(C)(=O)=O)cc1)C(=O)NCCC1=CCCCC1. The maximum Gasteiger partial charge on any atom is 0.338 e. The number of amides is 1. The Hall–Kier alpha value is -2.15. The number of nitrogens with one attached hydrogen (secondary N) is 1. The molecule has 2 rings (SSSR count). The average Bonchev–Trinajstić information content (AvgIpc) is 2.61. The fourth-order valence-electron chi connectivity index (χ4n) is 2.94. The highest BCUT2D eigenvalue weighted by molar-refractivity contribution is 7.89. The van der Waals surface area contributed by atoms with Crippen LogP contribution >= 0.6 is 0 Å². The van der Waals surface area contributed by atoms with E-state index < -0.39 is 21.9 Å². The highest BCUT2D eigenvalue weighted by Crippen LogP contribution is 2.19. The minimum Gasteiger partial charge on any atom is -0.449 e. The first-order valence-electron chi connectivity index (χ1n) is 9.18. The van der Waals surface area contributed by atoms with Gasteiger partial charge in [-0.15, -0.1) is 0 Å². The summed E-state index contributed by atoms with van der Waals surface area (Å²) in [6.07, 6.45) is 7.97. The van der Waals surface area contributed by atoms with Crippen LogP contribution in [0.1, 0.15) is 54.9 Å². The van der Waals surface area contributed by atoms with Gasteiger partial charge >= 0.3 is 5.97 Å². The monoisotopic (exact) mass is 393 g/mol. The molecule has 1 atom stereocenters. The molecule has 148 valence electrons. The molecule has 1 amide bonds. The standard InChI is InChI=1S/C20H27NO5S/c1-15(19(22)21-13-12-16-6-4-3-5-7-16)26-20(23)18-10-8-17(9-11-18)14-27(2,24)25/h6,8-11,15H,3-5,7,12-14H2,1-2H3,(H,21,22)/t15-/m0/s1. The summed E-state index contributed by atoms with van der Waals surface area (Å²) in [7, 11) is -3.13.